The Morgan fingerprint density at radius 2 is 1.96 bits per heavy atom. The van der Waals surface area contributed by atoms with E-state index in [4.69, 9.17) is 10.00 Å². The molecule has 0 aromatic heterocycles. The minimum atomic E-state index is -3.86. The third kappa shape index (κ3) is 4.34. The highest BCUT2D eigenvalue weighted by Crippen LogP contribution is 2.47. The second-order valence-electron chi connectivity index (χ2n) is 6.92. The number of hydrogen-bond acceptors (Lipinski definition) is 5. The largest absolute Gasteiger partial charge is 0.462 e. The minimum absolute atomic E-state index is 0.0499. The fourth-order valence-electron chi connectivity index (χ4n) is 2.72. The third-order valence-corrected chi connectivity index (χ3v) is 3.84. The molecule has 136 valence electrons. The number of piperidine rings is 1. The standard InChI is InChI=1S/C16H24F2N2O4/c1-5-23-12(21)16(17,18)15(8-9-19)7-6-10-20(11-15)13(22)24-14(2,3)4/h5-8,10-11H2,1-4H3. The molecule has 8 heteroatoms. The molecule has 1 aliphatic heterocycles. The lowest BCUT2D eigenvalue weighted by Gasteiger charge is -2.44. The van der Waals surface area contributed by atoms with Gasteiger partial charge in [0.25, 0.3) is 0 Å². The second kappa shape index (κ2) is 7.32. The van der Waals surface area contributed by atoms with Crippen LogP contribution in [0.3, 0.4) is 0 Å². The van der Waals surface area contributed by atoms with Gasteiger partial charge in [-0.1, -0.05) is 0 Å². The van der Waals surface area contributed by atoms with E-state index < -0.39 is 42.0 Å². The van der Waals surface area contributed by atoms with Crippen LogP contribution in [0, 0.1) is 16.7 Å². The Morgan fingerprint density at radius 1 is 1.33 bits per heavy atom. The molecule has 24 heavy (non-hydrogen) atoms. The minimum Gasteiger partial charge on any atom is -0.462 e. The maximum Gasteiger partial charge on any atom is 0.410 e. The van der Waals surface area contributed by atoms with Crippen molar-refractivity contribution in [3.05, 3.63) is 0 Å². The highest BCUT2D eigenvalue weighted by Gasteiger charge is 2.61. The fourth-order valence-corrected chi connectivity index (χ4v) is 2.72. The van der Waals surface area contributed by atoms with Gasteiger partial charge in [-0.25, -0.2) is 9.59 Å². The molecule has 1 fully saturated rings. The number of carbonyl (C=O) groups is 2. The molecule has 1 aliphatic rings. The number of nitrogens with zero attached hydrogens (tertiary/aromatic N) is 2. The molecule has 0 aromatic carbocycles. The van der Waals surface area contributed by atoms with Gasteiger partial charge in [0.15, 0.2) is 0 Å². The predicted molar refractivity (Wildman–Crippen MR) is 81.3 cm³/mol. The van der Waals surface area contributed by atoms with E-state index in [1.165, 1.54) is 6.92 Å². The molecule has 1 unspecified atom stereocenters. The Bertz CT molecular complexity index is 525. The van der Waals surface area contributed by atoms with Gasteiger partial charge in [0, 0.05) is 19.5 Å². The van der Waals surface area contributed by atoms with E-state index in [1.54, 1.807) is 26.8 Å². The van der Waals surface area contributed by atoms with Crippen LogP contribution in [0.4, 0.5) is 13.6 Å². The molecule has 1 heterocycles. The van der Waals surface area contributed by atoms with Gasteiger partial charge in [-0.15, -0.1) is 0 Å². The Hall–Kier alpha value is -1.91. The van der Waals surface area contributed by atoms with E-state index in [9.17, 15) is 18.4 Å². The summed E-state index contributed by atoms with van der Waals surface area (Å²) in [4.78, 5) is 25.1. The molecule has 1 rings (SSSR count). The van der Waals surface area contributed by atoms with Crippen LogP contribution in [-0.2, 0) is 14.3 Å². The van der Waals surface area contributed by atoms with Crippen molar-refractivity contribution in [3.8, 4) is 6.07 Å². The third-order valence-electron chi connectivity index (χ3n) is 3.84. The van der Waals surface area contributed by atoms with Crippen LogP contribution >= 0.6 is 0 Å². The van der Waals surface area contributed by atoms with E-state index in [1.807, 2.05) is 0 Å². The summed E-state index contributed by atoms with van der Waals surface area (Å²) in [5.41, 5.74) is -2.74. The maximum atomic E-state index is 14.7. The highest BCUT2D eigenvalue weighted by molar-refractivity contribution is 5.79. The average Bonchev–Trinajstić information content (AvgIpc) is 2.46. The molecule has 0 saturated carbocycles. The van der Waals surface area contributed by atoms with E-state index in [0.717, 1.165) is 4.90 Å². The molecule has 1 saturated heterocycles. The van der Waals surface area contributed by atoms with Gasteiger partial charge >= 0.3 is 18.0 Å². The van der Waals surface area contributed by atoms with Crippen LogP contribution in [0.2, 0.25) is 0 Å². The van der Waals surface area contributed by atoms with Crippen LogP contribution < -0.4 is 0 Å². The lowest BCUT2D eigenvalue weighted by Crippen LogP contribution is -2.58. The number of hydrogen-bond donors (Lipinski definition) is 0. The number of nitriles is 1. The molecule has 0 spiro atoms. The van der Waals surface area contributed by atoms with Crippen molar-refractivity contribution in [1.82, 2.24) is 4.90 Å². The van der Waals surface area contributed by atoms with Crippen molar-refractivity contribution >= 4 is 12.1 Å². The summed E-state index contributed by atoms with van der Waals surface area (Å²) in [5.74, 6) is -5.52. The van der Waals surface area contributed by atoms with E-state index in [-0.39, 0.29) is 26.0 Å². The Labute approximate surface area is 140 Å². The predicted octanol–water partition coefficient (Wildman–Crippen LogP) is 3.12. The number of halogens is 2. The molecule has 1 atom stereocenters. The lowest BCUT2D eigenvalue weighted by atomic mass is 9.72. The van der Waals surface area contributed by atoms with Gasteiger partial charge in [-0.2, -0.15) is 14.0 Å². The number of ether oxygens (including phenoxy) is 2. The SMILES string of the molecule is CCOC(=O)C(F)(F)C1(CC#N)CCCN(C(=O)OC(C)(C)C)C1. The molecular weight excluding hydrogens is 322 g/mol. The quantitative estimate of drug-likeness (QED) is 0.731. The Balaban J connectivity index is 3.08. The number of rotatable bonds is 4. The molecule has 0 aliphatic carbocycles. The van der Waals surface area contributed by atoms with Crippen molar-refractivity contribution < 1.29 is 27.8 Å². The zero-order chi connectivity index (χ0) is 18.6. The fraction of sp³-hybridized carbons (Fsp3) is 0.812. The zero-order valence-corrected chi connectivity index (χ0v) is 14.5. The molecular formula is C16H24F2N2O4. The van der Waals surface area contributed by atoms with Gasteiger partial charge in [0.2, 0.25) is 0 Å². The zero-order valence-electron chi connectivity index (χ0n) is 14.5. The first-order valence-electron chi connectivity index (χ1n) is 7.89. The average molecular weight is 346 g/mol. The molecule has 1 amide bonds. The van der Waals surface area contributed by atoms with Crippen LogP contribution in [-0.4, -0.2) is 48.2 Å². The number of alkyl halides is 2. The number of likely N-dealkylation sites (tertiary alicyclic amines) is 1. The van der Waals surface area contributed by atoms with Crippen molar-refractivity contribution in [2.24, 2.45) is 5.41 Å². The van der Waals surface area contributed by atoms with Gasteiger partial charge < -0.3 is 14.4 Å². The van der Waals surface area contributed by atoms with E-state index in [0.29, 0.717) is 0 Å². The number of amides is 1. The maximum absolute atomic E-state index is 14.7. The van der Waals surface area contributed by atoms with Gasteiger partial charge in [0.1, 0.15) is 5.60 Å². The first kappa shape index (κ1) is 20.1. The van der Waals surface area contributed by atoms with E-state index in [2.05, 4.69) is 4.74 Å². The van der Waals surface area contributed by atoms with Crippen LogP contribution in [0.5, 0.6) is 0 Å². The Kier molecular flexibility index (Phi) is 6.15. The number of esters is 1. The van der Waals surface area contributed by atoms with Crippen molar-refractivity contribution in [2.45, 2.75) is 58.5 Å². The summed E-state index contributed by atoms with van der Waals surface area (Å²) in [6.07, 6.45) is -1.09. The summed E-state index contributed by atoms with van der Waals surface area (Å²) in [5, 5.41) is 9.00. The van der Waals surface area contributed by atoms with Crippen LogP contribution in [0.1, 0.15) is 47.0 Å². The molecule has 6 nitrogen and oxygen atoms in total. The van der Waals surface area contributed by atoms with Crippen molar-refractivity contribution in [1.29, 1.82) is 5.26 Å². The summed E-state index contributed by atoms with van der Waals surface area (Å²) in [6.45, 7) is 6.06. The van der Waals surface area contributed by atoms with Gasteiger partial charge in [0.05, 0.1) is 18.1 Å². The molecule has 0 aromatic rings. The summed E-state index contributed by atoms with van der Waals surface area (Å²) >= 11 is 0. The van der Waals surface area contributed by atoms with Crippen LogP contribution in [0.25, 0.3) is 0 Å². The smallest absolute Gasteiger partial charge is 0.410 e. The summed E-state index contributed by atoms with van der Waals surface area (Å²) in [6, 6.07) is 1.72. The summed E-state index contributed by atoms with van der Waals surface area (Å²) in [7, 11) is 0. The highest BCUT2D eigenvalue weighted by atomic mass is 19.3. The van der Waals surface area contributed by atoms with Crippen LogP contribution in [0.15, 0.2) is 0 Å². The summed E-state index contributed by atoms with van der Waals surface area (Å²) < 4.78 is 39.1. The molecule has 0 radical (unpaired) electrons. The molecule has 0 N–H and O–H groups in total. The normalized spacial score (nSPS) is 21.8. The number of carbonyl (C=O) groups excluding carboxylic acids is 2. The monoisotopic (exact) mass is 346 g/mol. The van der Waals surface area contributed by atoms with Crippen molar-refractivity contribution in [2.75, 3.05) is 19.7 Å². The van der Waals surface area contributed by atoms with E-state index >= 15 is 0 Å². The first-order valence-corrected chi connectivity index (χ1v) is 7.89. The molecule has 0 bridgehead atoms. The topological polar surface area (TPSA) is 79.6 Å². The van der Waals surface area contributed by atoms with Crippen molar-refractivity contribution in [3.63, 3.8) is 0 Å². The Morgan fingerprint density at radius 3 is 2.46 bits per heavy atom. The lowest BCUT2D eigenvalue weighted by molar-refractivity contribution is -0.200. The van der Waals surface area contributed by atoms with Gasteiger partial charge in [-0.05, 0) is 40.5 Å². The van der Waals surface area contributed by atoms with Gasteiger partial charge in [-0.3, -0.25) is 0 Å². The second-order valence-corrected chi connectivity index (χ2v) is 6.92. The first-order chi connectivity index (χ1) is 11.0.